The molecule has 0 aromatic heterocycles. The van der Waals surface area contributed by atoms with Crippen LogP contribution in [-0.2, 0) is 6.42 Å². The first-order valence-corrected chi connectivity index (χ1v) is 8.74. The Labute approximate surface area is 130 Å². The van der Waals surface area contributed by atoms with E-state index in [1.807, 2.05) is 0 Å². The Balaban J connectivity index is 1.67. The Bertz CT molecular complexity index is 368. The van der Waals surface area contributed by atoms with Gasteiger partial charge in [0, 0.05) is 12.6 Å². The number of piperidine rings is 1. The van der Waals surface area contributed by atoms with Crippen LogP contribution in [0.15, 0.2) is 30.3 Å². The van der Waals surface area contributed by atoms with E-state index in [1.165, 1.54) is 63.8 Å². The third kappa shape index (κ3) is 6.19. The first-order chi connectivity index (χ1) is 10.3. The van der Waals surface area contributed by atoms with Crippen molar-refractivity contribution in [1.29, 1.82) is 0 Å². The van der Waals surface area contributed by atoms with Gasteiger partial charge in [-0.1, -0.05) is 30.3 Å². The van der Waals surface area contributed by atoms with Crippen LogP contribution in [0.5, 0.6) is 0 Å². The number of hydrogen-bond donors (Lipinski definition) is 1. The lowest BCUT2D eigenvalue weighted by atomic mass is 9.97. The molecule has 2 rings (SSSR count). The summed E-state index contributed by atoms with van der Waals surface area (Å²) in [6, 6.07) is 11.6. The molecule has 21 heavy (non-hydrogen) atoms. The lowest BCUT2D eigenvalue weighted by Gasteiger charge is -2.32. The quantitative estimate of drug-likeness (QED) is 0.733. The molecule has 1 saturated heterocycles. The van der Waals surface area contributed by atoms with Crippen molar-refractivity contribution in [3.63, 3.8) is 0 Å². The van der Waals surface area contributed by atoms with E-state index in [1.54, 1.807) is 0 Å². The molecule has 1 aliphatic heterocycles. The molecule has 0 saturated carbocycles. The number of nitrogens with one attached hydrogen (secondary N) is 1. The summed E-state index contributed by atoms with van der Waals surface area (Å²) in [5, 5.41) is 3.47. The topological polar surface area (TPSA) is 15.3 Å². The van der Waals surface area contributed by atoms with Crippen molar-refractivity contribution in [1.82, 2.24) is 10.2 Å². The van der Waals surface area contributed by atoms with E-state index in [9.17, 15) is 0 Å². The fraction of sp³-hybridized carbons (Fsp3) is 0.684. The number of unbranched alkanes of at least 4 members (excludes halogenated alkanes) is 1. The summed E-state index contributed by atoms with van der Waals surface area (Å²) in [5.41, 5.74) is 1.48. The summed E-state index contributed by atoms with van der Waals surface area (Å²) < 4.78 is 0. The predicted molar refractivity (Wildman–Crippen MR) is 91.7 cm³/mol. The average Bonchev–Trinajstić information content (AvgIpc) is 2.52. The standard InChI is InChI=1S/C19H32N2/c1-17(2)21(16-19-11-13-20-14-12-19)15-7-6-10-18-8-4-3-5-9-18/h3-5,8-9,17,19-20H,6-7,10-16H2,1-2H3. The van der Waals surface area contributed by atoms with E-state index in [4.69, 9.17) is 0 Å². The van der Waals surface area contributed by atoms with Gasteiger partial charge in [-0.15, -0.1) is 0 Å². The molecule has 1 aliphatic rings. The van der Waals surface area contributed by atoms with Crippen LogP contribution in [0, 0.1) is 5.92 Å². The van der Waals surface area contributed by atoms with Gasteiger partial charge in [0.05, 0.1) is 0 Å². The molecule has 0 amide bonds. The van der Waals surface area contributed by atoms with Crippen LogP contribution in [0.4, 0.5) is 0 Å². The fourth-order valence-corrected chi connectivity index (χ4v) is 3.24. The molecular formula is C19H32N2. The smallest absolute Gasteiger partial charge is 0.00387 e. The van der Waals surface area contributed by atoms with Gasteiger partial charge in [0.2, 0.25) is 0 Å². The van der Waals surface area contributed by atoms with E-state index in [0.717, 1.165) is 5.92 Å². The molecule has 1 fully saturated rings. The van der Waals surface area contributed by atoms with Crippen LogP contribution >= 0.6 is 0 Å². The highest BCUT2D eigenvalue weighted by Gasteiger charge is 2.18. The third-order valence-electron chi connectivity index (χ3n) is 4.69. The fourth-order valence-electron chi connectivity index (χ4n) is 3.24. The molecule has 0 aliphatic carbocycles. The van der Waals surface area contributed by atoms with Crippen LogP contribution in [0.2, 0.25) is 0 Å². The van der Waals surface area contributed by atoms with Gasteiger partial charge in [-0.05, 0) is 77.1 Å². The highest BCUT2D eigenvalue weighted by Crippen LogP contribution is 2.16. The molecule has 2 nitrogen and oxygen atoms in total. The van der Waals surface area contributed by atoms with Crippen molar-refractivity contribution < 1.29 is 0 Å². The van der Waals surface area contributed by atoms with Gasteiger partial charge >= 0.3 is 0 Å². The molecule has 2 heteroatoms. The summed E-state index contributed by atoms with van der Waals surface area (Å²) >= 11 is 0. The highest BCUT2D eigenvalue weighted by molar-refractivity contribution is 5.14. The predicted octanol–water partition coefficient (Wildman–Crippen LogP) is 3.72. The van der Waals surface area contributed by atoms with E-state index >= 15 is 0 Å². The van der Waals surface area contributed by atoms with Gasteiger partial charge in [0.25, 0.3) is 0 Å². The molecule has 0 unspecified atom stereocenters. The molecular weight excluding hydrogens is 256 g/mol. The first kappa shape index (κ1) is 16.5. The zero-order valence-electron chi connectivity index (χ0n) is 13.9. The highest BCUT2D eigenvalue weighted by atomic mass is 15.1. The largest absolute Gasteiger partial charge is 0.317 e. The van der Waals surface area contributed by atoms with Crippen molar-refractivity contribution in [2.75, 3.05) is 26.2 Å². The van der Waals surface area contributed by atoms with Crippen LogP contribution < -0.4 is 5.32 Å². The lowest BCUT2D eigenvalue weighted by molar-refractivity contribution is 0.166. The van der Waals surface area contributed by atoms with Gasteiger partial charge in [0.15, 0.2) is 0 Å². The monoisotopic (exact) mass is 288 g/mol. The Kier molecular flexibility index (Phi) is 7.25. The molecule has 1 N–H and O–H groups in total. The zero-order chi connectivity index (χ0) is 14.9. The second-order valence-corrected chi connectivity index (χ2v) is 6.72. The van der Waals surface area contributed by atoms with E-state index in [0.29, 0.717) is 6.04 Å². The van der Waals surface area contributed by atoms with E-state index < -0.39 is 0 Å². The Morgan fingerprint density at radius 1 is 1.10 bits per heavy atom. The second-order valence-electron chi connectivity index (χ2n) is 6.72. The van der Waals surface area contributed by atoms with Gasteiger partial charge < -0.3 is 10.2 Å². The van der Waals surface area contributed by atoms with Crippen molar-refractivity contribution in [3.05, 3.63) is 35.9 Å². The maximum atomic E-state index is 3.47. The Hall–Kier alpha value is -0.860. The maximum Gasteiger partial charge on any atom is 0.00387 e. The maximum absolute atomic E-state index is 3.47. The van der Waals surface area contributed by atoms with Crippen molar-refractivity contribution in [2.24, 2.45) is 5.92 Å². The Morgan fingerprint density at radius 2 is 1.81 bits per heavy atom. The van der Waals surface area contributed by atoms with Crippen molar-refractivity contribution in [2.45, 2.75) is 52.0 Å². The molecule has 1 heterocycles. The first-order valence-electron chi connectivity index (χ1n) is 8.74. The molecule has 118 valence electrons. The molecule has 1 aromatic carbocycles. The van der Waals surface area contributed by atoms with Crippen molar-refractivity contribution >= 4 is 0 Å². The van der Waals surface area contributed by atoms with Crippen LogP contribution in [-0.4, -0.2) is 37.1 Å². The molecule has 0 atom stereocenters. The molecule has 0 radical (unpaired) electrons. The number of nitrogens with zero attached hydrogens (tertiary/aromatic N) is 1. The van der Waals surface area contributed by atoms with Gasteiger partial charge in [-0.2, -0.15) is 0 Å². The number of hydrogen-bond acceptors (Lipinski definition) is 2. The van der Waals surface area contributed by atoms with E-state index in [2.05, 4.69) is 54.4 Å². The molecule has 0 bridgehead atoms. The van der Waals surface area contributed by atoms with Crippen LogP contribution in [0.1, 0.15) is 45.1 Å². The molecule has 1 aromatic rings. The lowest BCUT2D eigenvalue weighted by Crippen LogP contribution is -2.39. The number of rotatable bonds is 8. The van der Waals surface area contributed by atoms with E-state index in [-0.39, 0.29) is 0 Å². The van der Waals surface area contributed by atoms with Crippen LogP contribution in [0.25, 0.3) is 0 Å². The normalized spacial score (nSPS) is 16.8. The minimum absolute atomic E-state index is 0.677. The molecule has 0 spiro atoms. The second kappa shape index (κ2) is 9.22. The minimum atomic E-state index is 0.677. The SMILES string of the molecule is CC(C)N(CCCCc1ccccc1)CC1CCNCC1. The minimum Gasteiger partial charge on any atom is -0.317 e. The van der Waals surface area contributed by atoms with Gasteiger partial charge in [-0.25, -0.2) is 0 Å². The third-order valence-corrected chi connectivity index (χ3v) is 4.69. The summed E-state index contributed by atoms with van der Waals surface area (Å²) in [6.45, 7) is 9.67. The Morgan fingerprint density at radius 3 is 2.48 bits per heavy atom. The zero-order valence-corrected chi connectivity index (χ0v) is 13.9. The van der Waals surface area contributed by atoms with Crippen LogP contribution in [0.3, 0.4) is 0 Å². The number of benzene rings is 1. The van der Waals surface area contributed by atoms with Gasteiger partial charge in [-0.3, -0.25) is 0 Å². The average molecular weight is 288 g/mol. The van der Waals surface area contributed by atoms with Crippen molar-refractivity contribution in [3.8, 4) is 0 Å². The number of aryl methyl sites for hydroxylation is 1. The summed E-state index contributed by atoms with van der Waals surface area (Å²) in [5.74, 6) is 0.905. The summed E-state index contributed by atoms with van der Waals surface area (Å²) in [4.78, 5) is 2.70. The summed E-state index contributed by atoms with van der Waals surface area (Å²) in [7, 11) is 0. The van der Waals surface area contributed by atoms with Gasteiger partial charge in [0.1, 0.15) is 0 Å². The summed E-state index contributed by atoms with van der Waals surface area (Å²) in [6.07, 6.45) is 6.55.